The molecule has 0 N–H and O–H groups in total. The standard InChI is InChI=1S/C15H21ClN4O/c16-13-4-3-5-17-15(13)20-10-8-19(9-11-20)14(21)12-18-6-1-2-7-18/h3-5H,1-2,6-12H2. The molecule has 1 aromatic heterocycles. The number of hydrogen-bond acceptors (Lipinski definition) is 4. The van der Waals surface area contributed by atoms with Crippen LogP contribution < -0.4 is 4.90 Å². The minimum absolute atomic E-state index is 0.253. The lowest BCUT2D eigenvalue weighted by molar-refractivity contribution is -0.132. The van der Waals surface area contributed by atoms with Crippen LogP contribution in [0, 0.1) is 0 Å². The molecule has 114 valence electrons. The molecular weight excluding hydrogens is 288 g/mol. The van der Waals surface area contributed by atoms with Crippen molar-refractivity contribution in [3.63, 3.8) is 0 Å². The third-order valence-electron chi connectivity index (χ3n) is 4.23. The van der Waals surface area contributed by atoms with Crippen molar-refractivity contribution >= 4 is 23.3 Å². The molecule has 0 aromatic carbocycles. The first-order valence-corrected chi connectivity index (χ1v) is 7.97. The van der Waals surface area contributed by atoms with Crippen molar-refractivity contribution in [2.75, 3.05) is 50.7 Å². The van der Waals surface area contributed by atoms with Crippen LogP contribution in [-0.4, -0.2) is 66.5 Å². The van der Waals surface area contributed by atoms with Crippen LogP contribution in [0.3, 0.4) is 0 Å². The number of likely N-dealkylation sites (tertiary alicyclic amines) is 1. The molecule has 0 saturated carbocycles. The summed E-state index contributed by atoms with van der Waals surface area (Å²) in [5, 5.41) is 0.675. The van der Waals surface area contributed by atoms with E-state index < -0.39 is 0 Å². The molecule has 2 aliphatic heterocycles. The number of anilines is 1. The number of nitrogens with zero attached hydrogens (tertiary/aromatic N) is 4. The van der Waals surface area contributed by atoms with E-state index in [1.165, 1.54) is 12.8 Å². The Morgan fingerprint density at radius 2 is 1.86 bits per heavy atom. The summed E-state index contributed by atoms with van der Waals surface area (Å²) in [7, 11) is 0. The lowest BCUT2D eigenvalue weighted by Gasteiger charge is -2.36. The number of halogens is 1. The highest BCUT2D eigenvalue weighted by molar-refractivity contribution is 6.32. The fourth-order valence-corrected chi connectivity index (χ4v) is 3.25. The van der Waals surface area contributed by atoms with Crippen LogP contribution in [0.25, 0.3) is 0 Å². The quantitative estimate of drug-likeness (QED) is 0.848. The van der Waals surface area contributed by atoms with Gasteiger partial charge in [0.2, 0.25) is 5.91 Å². The molecule has 0 atom stereocenters. The molecule has 6 heteroatoms. The van der Waals surface area contributed by atoms with E-state index in [-0.39, 0.29) is 5.91 Å². The summed E-state index contributed by atoms with van der Waals surface area (Å²) < 4.78 is 0. The van der Waals surface area contributed by atoms with E-state index in [4.69, 9.17) is 11.6 Å². The van der Waals surface area contributed by atoms with Gasteiger partial charge in [-0.2, -0.15) is 0 Å². The maximum absolute atomic E-state index is 12.3. The SMILES string of the molecule is O=C(CN1CCCC1)N1CCN(c2ncccc2Cl)CC1. The Kier molecular flexibility index (Phi) is 4.60. The number of pyridine rings is 1. The number of amides is 1. The maximum atomic E-state index is 12.3. The van der Waals surface area contributed by atoms with Crippen molar-refractivity contribution in [1.82, 2.24) is 14.8 Å². The lowest BCUT2D eigenvalue weighted by Crippen LogP contribution is -2.51. The second-order valence-electron chi connectivity index (χ2n) is 5.66. The minimum Gasteiger partial charge on any atom is -0.352 e. The van der Waals surface area contributed by atoms with Crippen LogP contribution in [0.2, 0.25) is 5.02 Å². The van der Waals surface area contributed by atoms with E-state index in [9.17, 15) is 4.79 Å². The highest BCUT2D eigenvalue weighted by Gasteiger charge is 2.24. The van der Waals surface area contributed by atoms with Gasteiger partial charge in [-0.3, -0.25) is 9.69 Å². The Morgan fingerprint density at radius 3 is 2.52 bits per heavy atom. The highest BCUT2D eigenvalue weighted by atomic mass is 35.5. The smallest absolute Gasteiger partial charge is 0.236 e. The Bertz CT molecular complexity index is 496. The maximum Gasteiger partial charge on any atom is 0.236 e. The molecule has 3 rings (SSSR count). The van der Waals surface area contributed by atoms with Crippen LogP contribution in [0.5, 0.6) is 0 Å². The molecule has 1 aromatic rings. The zero-order valence-corrected chi connectivity index (χ0v) is 12.9. The first-order chi connectivity index (χ1) is 10.2. The number of piperazine rings is 1. The Labute approximate surface area is 130 Å². The summed E-state index contributed by atoms with van der Waals surface area (Å²) >= 11 is 6.18. The zero-order chi connectivity index (χ0) is 14.7. The number of hydrogen-bond donors (Lipinski definition) is 0. The van der Waals surface area contributed by atoms with Crippen molar-refractivity contribution < 1.29 is 4.79 Å². The van der Waals surface area contributed by atoms with E-state index in [2.05, 4.69) is 14.8 Å². The molecule has 21 heavy (non-hydrogen) atoms. The summed E-state index contributed by atoms with van der Waals surface area (Å²) in [6.07, 6.45) is 4.20. The van der Waals surface area contributed by atoms with Crippen LogP contribution in [0.15, 0.2) is 18.3 Å². The van der Waals surface area contributed by atoms with Crippen molar-refractivity contribution in [3.8, 4) is 0 Å². The topological polar surface area (TPSA) is 39.7 Å². The van der Waals surface area contributed by atoms with E-state index >= 15 is 0 Å². The number of carbonyl (C=O) groups excluding carboxylic acids is 1. The molecule has 0 spiro atoms. The average Bonchev–Trinajstić information content (AvgIpc) is 3.01. The molecule has 2 fully saturated rings. The normalized spacial score (nSPS) is 20.0. The van der Waals surface area contributed by atoms with E-state index in [1.54, 1.807) is 6.20 Å². The van der Waals surface area contributed by atoms with Gasteiger partial charge in [0.15, 0.2) is 0 Å². The van der Waals surface area contributed by atoms with Gasteiger partial charge in [0.05, 0.1) is 11.6 Å². The predicted octanol–water partition coefficient (Wildman–Crippen LogP) is 1.48. The van der Waals surface area contributed by atoms with Crippen molar-refractivity contribution in [2.24, 2.45) is 0 Å². The predicted molar refractivity (Wildman–Crippen MR) is 83.7 cm³/mol. The number of aromatic nitrogens is 1. The van der Waals surface area contributed by atoms with Crippen LogP contribution in [0.4, 0.5) is 5.82 Å². The largest absolute Gasteiger partial charge is 0.352 e. The molecule has 1 amide bonds. The van der Waals surface area contributed by atoms with Gasteiger partial charge in [0.1, 0.15) is 5.82 Å². The lowest BCUT2D eigenvalue weighted by atomic mass is 10.3. The van der Waals surface area contributed by atoms with Gasteiger partial charge in [-0.25, -0.2) is 4.98 Å². The minimum atomic E-state index is 0.253. The monoisotopic (exact) mass is 308 g/mol. The molecular formula is C15H21ClN4O. The van der Waals surface area contributed by atoms with E-state index in [1.807, 2.05) is 17.0 Å². The molecule has 0 radical (unpaired) electrons. The summed E-state index contributed by atoms with van der Waals surface area (Å²) in [6, 6.07) is 3.69. The second kappa shape index (κ2) is 6.62. The van der Waals surface area contributed by atoms with Crippen LogP contribution >= 0.6 is 11.6 Å². The van der Waals surface area contributed by atoms with E-state index in [0.29, 0.717) is 11.6 Å². The first kappa shape index (κ1) is 14.6. The Balaban J connectivity index is 1.52. The van der Waals surface area contributed by atoms with Gasteiger partial charge in [-0.15, -0.1) is 0 Å². The molecule has 0 unspecified atom stereocenters. The van der Waals surface area contributed by atoms with Crippen LogP contribution in [-0.2, 0) is 4.79 Å². The third kappa shape index (κ3) is 3.47. The van der Waals surface area contributed by atoms with Gasteiger partial charge >= 0.3 is 0 Å². The highest BCUT2D eigenvalue weighted by Crippen LogP contribution is 2.23. The molecule has 5 nitrogen and oxygen atoms in total. The fourth-order valence-electron chi connectivity index (χ4n) is 3.01. The van der Waals surface area contributed by atoms with Crippen molar-refractivity contribution in [2.45, 2.75) is 12.8 Å². The molecule has 3 heterocycles. The third-order valence-corrected chi connectivity index (χ3v) is 4.52. The Hall–Kier alpha value is -1.33. The van der Waals surface area contributed by atoms with Gasteiger partial charge in [-0.1, -0.05) is 11.6 Å². The summed E-state index contributed by atoms with van der Waals surface area (Å²) in [4.78, 5) is 23.0. The molecule has 0 aliphatic carbocycles. The summed E-state index contributed by atoms with van der Waals surface area (Å²) in [5.74, 6) is 1.08. The summed E-state index contributed by atoms with van der Waals surface area (Å²) in [6.45, 7) is 5.79. The first-order valence-electron chi connectivity index (χ1n) is 7.59. The van der Waals surface area contributed by atoms with Gasteiger partial charge < -0.3 is 9.80 Å². The summed E-state index contributed by atoms with van der Waals surface area (Å²) in [5.41, 5.74) is 0. The molecule has 2 aliphatic rings. The molecule has 0 bridgehead atoms. The number of carbonyl (C=O) groups is 1. The Morgan fingerprint density at radius 1 is 1.14 bits per heavy atom. The number of rotatable bonds is 3. The second-order valence-corrected chi connectivity index (χ2v) is 6.07. The van der Waals surface area contributed by atoms with Gasteiger partial charge in [0.25, 0.3) is 0 Å². The van der Waals surface area contributed by atoms with Gasteiger partial charge in [0, 0.05) is 32.4 Å². The average molecular weight is 309 g/mol. The molecule has 2 saturated heterocycles. The van der Waals surface area contributed by atoms with Crippen molar-refractivity contribution in [3.05, 3.63) is 23.4 Å². The van der Waals surface area contributed by atoms with Gasteiger partial charge in [-0.05, 0) is 38.1 Å². The van der Waals surface area contributed by atoms with E-state index in [0.717, 1.165) is 45.1 Å². The van der Waals surface area contributed by atoms with Crippen molar-refractivity contribution in [1.29, 1.82) is 0 Å². The zero-order valence-electron chi connectivity index (χ0n) is 12.2. The van der Waals surface area contributed by atoms with Crippen LogP contribution in [0.1, 0.15) is 12.8 Å². The fraction of sp³-hybridized carbons (Fsp3) is 0.600.